The molecule has 0 saturated heterocycles. The van der Waals surface area contributed by atoms with E-state index in [-0.39, 0.29) is 22.9 Å². The number of hydrogen-bond donors (Lipinski definition) is 1. The minimum absolute atomic E-state index is 0.0708. The van der Waals surface area contributed by atoms with Crippen molar-refractivity contribution in [1.82, 2.24) is 9.55 Å². The molecule has 5 rings (SSSR count). The molecular weight excluding hydrogens is 364 g/mol. The van der Waals surface area contributed by atoms with Crippen LogP contribution < -0.4 is 4.74 Å². The van der Waals surface area contributed by atoms with Crippen molar-refractivity contribution in [2.45, 2.75) is 13.5 Å². The second kappa shape index (κ2) is 6.63. The molecule has 0 spiro atoms. The predicted molar refractivity (Wildman–Crippen MR) is 112 cm³/mol. The van der Waals surface area contributed by atoms with Gasteiger partial charge in [0.05, 0.1) is 0 Å². The summed E-state index contributed by atoms with van der Waals surface area (Å²) in [6.45, 7) is 2.80. The van der Waals surface area contributed by atoms with Gasteiger partial charge in [-0.1, -0.05) is 36.4 Å². The zero-order chi connectivity index (χ0) is 20.0. The van der Waals surface area contributed by atoms with Crippen LogP contribution in [0.1, 0.15) is 22.8 Å². The summed E-state index contributed by atoms with van der Waals surface area (Å²) in [7, 11) is 0. The molecule has 0 atom stereocenters. The number of pyridine rings is 1. The normalized spacial score (nSPS) is 14.4. The molecular formula is C24H18N2O3. The van der Waals surface area contributed by atoms with E-state index in [1.54, 1.807) is 24.4 Å². The van der Waals surface area contributed by atoms with E-state index in [4.69, 9.17) is 4.74 Å². The van der Waals surface area contributed by atoms with E-state index in [9.17, 15) is 9.90 Å². The molecule has 0 amide bonds. The Labute approximate surface area is 167 Å². The zero-order valence-corrected chi connectivity index (χ0v) is 15.8. The Hall–Kier alpha value is -3.86. The maximum absolute atomic E-state index is 12.8. The van der Waals surface area contributed by atoms with Gasteiger partial charge >= 0.3 is 0 Å². The Morgan fingerprint density at radius 1 is 1.10 bits per heavy atom. The fraction of sp³-hybridized carbons (Fsp3) is 0.0833. The van der Waals surface area contributed by atoms with Crippen molar-refractivity contribution >= 4 is 22.9 Å². The SMILES string of the molecule is CCn1cc(C=C2Oc3cccc(O)c3C2=O)c2c(-c3ccccc3)ccnc21. The van der Waals surface area contributed by atoms with Crippen LogP contribution in [0.2, 0.25) is 0 Å². The molecule has 0 unspecified atom stereocenters. The number of carbonyl (C=O) groups excluding carboxylic acids is 1. The van der Waals surface area contributed by atoms with Crippen molar-refractivity contribution < 1.29 is 14.6 Å². The minimum atomic E-state index is -0.319. The van der Waals surface area contributed by atoms with Gasteiger partial charge in [0, 0.05) is 29.9 Å². The van der Waals surface area contributed by atoms with Crippen LogP contribution in [-0.2, 0) is 6.54 Å². The highest BCUT2D eigenvalue weighted by atomic mass is 16.5. The number of aryl methyl sites for hydroxylation is 1. The topological polar surface area (TPSA) is 64.3 Å². The maximum atomic E-state index is 12.8. The lowest BCUT2D eigenvalue weighted by Crippen LogP contribution is -1.98. The Kier molecular flexibility index (Phi) is 3.95. The largest absolute Gasteiger partial charge is 0.507 e. The number of allylic oxidation sites excluding steroid dienone is 1. The number of ether oxygens (including phenoxy) is 1. The molecule has 0 radical (unpaired) electrons. The third-order valence-electron chi connectivity index (χ3n) is 5.17. The summed E-state index contributed by atoms with van der Waals surface area (Å²) >= 11 is 0. The smallest absolute Gasteiger partial charge is 0.235 e. The number of nitrogens with zero attached hydrogens (tertiary/aromatic N) is 2. The number of carbonyl (C=O) groups is 1. The highest BCUT2D eigenvalue weighted by molar-refractivity contribution is 6.17. The lowest BCUT2D eigenvalue weighted by atomic mass is 10.0. The number of phenolic OH excluding ortho intramolecular Hbond substituents is 1. The Morgan fingerprint density at radius 3 is 2.69 bits per heavy atom. The Bertz CT molecular complexity index is 1290. The van der Waals surface area contributed by atoms with Crippen LogP contribution in [0.25, 0.3) is 28.2 Å². The standard InChI is InChI=1S/C24H18N2O3/c1-2-26-14-16(13-20-23(28)22-18(27)9-6-10-19(22)29-20)21-17(11-12-25-24(21)26)15-7-4-3-5-8-15/h3-14,27H,2H2,1H3. The second-order valence-corrected chi connectivity index (χ2v) is 6.88. The summed E-state index contributed by atoms with van der Waals surface area (Å²) < 4.78 is 7.82. The molecule has 0 saturated carbocycles. The van der Waals surface area contributed by atoms with E-state index in [0.717, 1.165) is 34.3 Å². The molecule has 0 bridgehead atoms. The van der Waals surface area contributed by atoms with Crippen molar-refractivity contribution in [3.05, 3.63) is 83.9 Å². The van der Waals surface area contributed by atoms with Gasteiger partial charge in [-0.2, -0.15) is 0 Å². The third kappa shape index (κ3) is 2.70. The van der Waals surface area contributed by atoms with Gasteiger partial charge in [-0.25, -0.2) is 4.98 Å². The first-order valence-corrected chi connectivity index (χ1v) is 9.47. The average molecular weight is 382 g/mol. The number of phenols is 1. The predicted octanol–water partition coefficient (Wildman–Crippen LogP) is 5.05. The molecule has 142 valence electrons. The summed E-state index contributed by atoms with van der Waals surface area (Å²) in [5, 5.41) is 11.0. The maximum Gasteiger partial charge on any atom is 0.235 e. The van der Waals surface area contributed by atoms with E-state index in [1.807, 2.05) is 30.5 Å². The average Bonchev–Trinajstić information content (AvgIpc) is 3.27. The number of fused-ring (bicyclic) bond motifs is 2. The fourth-order valence-electron chi connectivity index (χ4n) is 3.81. The molecule has 5 heteroatoms. The van der Waals surface area contributed by atoms with Crippen LogP contribution in [-0.4, -0.2) is 20.4 Å². The van der Waals surface area contributed by atoms with E-state index >= 15 is 0 Å². The Balaban J connectivity index is 1.71. The number of aromatic hydroxyl groups is 1. The lowest BCUT2D eigenvalue weighted by Gasteiger charge is -2.06. The molecule has 1 aliphatic rings. The van der Waals surface area contributed by atoms with Crippen LogP contribution in [0.3, 0.4) is 0 Å². The monoisotopic (exact) mass is 382 g/mol. The van der Waals surface area contributed by atoms with Gasteiger partial charge in [-0.05, 0) is 42.3 Å². The van der Waals surface area contributed by atoms with Gasteiger partial charge < -0.3 is 14.4 Å². The summed E-state index contributed by atoms with van der Waals surface area (Å²) in [6.07, 6.45) is 5.53. The lowest BCUT2D eigenvalue weighted by molar-refractivity contribution is 0.101. The quantitative estimate of drug-likeness (QED) is 0.504. The van der Waals surface area contributed by atoms with Gasteiger partial charge in [-0.15, -0.1) is 0 Å². The second-order valence-electron chi connectivity index (χ2n) is 6.88. The van der Waals surface area contributed by atoms with Crippen molar-refractivity contribution in [2.75, 3.05) is 0 Å². The number of hydrogen-bond acceptors (Lipinski definition) is 4. The minimum Gasteiger partial charge on any atom is -0.507 e. The number of aromatic nitrogens is 2. The van der Waals surface area contributed by atoms with Crippen molar-refractivity contribution in [2.24, 2.45) is 0 Å². The summed E-state index contributed by atoms with van der Waals surface area (Å²) in [5.74, 6) is 0.181. The van der Waals surface area contributed by atoms with E-state index in [1.165, 1.54) is 6.07 Å². The molecule has 1 aliphatic heterocycles. The Morgan fingerprint density at radius 2 is 1.93 bits per heavy atom. The number of ketones is 1. The van der Waals surface area contributed by atoms with Crippen LogP contribution >= 0.6 is 0 Å². The van der Waals surface area contributed by atoms with Crippen LogP contribution in [0, 0.1) is 0 Å². The fourth-order valence-corrected chi connectivity index (χ4v) is 3.81. The number of rotatable bonds is 3. The highest BCUT2D eigenvalue weighted by Crippen LogP contribution is 2.39. The molecule has 5 nitrogen and oxygen atoms in total. The van der Waals surface area contributed by atoms with Crippen molar-refractivity contribution in [3.8, 4) is 22.6 Å². The van der Waals surface area contributed by atoms with Gasteiger partial charge in [-0.3, -0.25) is 4.79 Å². The van der Waals surface area contributed by atoms with Crippen molar-refractivity contribution in [3.63, 3.8) is 0 Å². The highest BCUT2D eigenvalue weighted by Gasteiger charge is 2.30. The molecule has 3 heterocycles. The molecule has 2 aromatic carbocycles. The van der Waals surface area contributed by atoms with Gasteiger partial charge in [0.25, 0.3) is 0 Å². The summed E-state index contributed by atoms with van der Waals surface area (Å²) in [4.78, 5) is 17.4. The molecule has 2 aromatic heterocycles. The zero-order valence-electron chi connectivity index (χ0n) is 15.8. The molecule has 0 aliphatic carbocycles. The van der Waals surface area contributed by atoms with Crippen LogP contribution in [0.15, 0.2) is 72.8 Å². The van der Waals surface area contributed by atoms with Crippen LogP contribution in [0.5, 0.6) is 11.5 Å². The molecule has 0 fully saturated rings. The first-order chi connectivity index (χ1) is 14.2. The van der Waals surface area contributed by atoms with E-state index in [2.05, 4.69) is 28.6 Å². The third-order valence-corrected chi connectivity index (χ3v) is 5.17. The molecule has 1 N–H and O–H groups in total. The van der Waals surface area contributed by atoms with E-state index in [0.29, 0.717) is 5.75 Å². The van der Waals surface area contributed by atoms with Gasteiger partial charge in [0.1, 0.15) is 22.7 Å². The number of benzene rings is 2. The summed E-state index contributed by atoms with van der Waals surface area (Å²) in [6, 6.07) is 16.9. The van der Waals surface area contributed by atoms with Crippen LogP contribution in [0.4, 0.5) is 0 Å². The molecule has 29 heavy (non-hydrogen) atoms. The summed E-state index contributed by atoms with van der Waals surface area (Å²) in [5.41, 5.74) is 4.03. The van der Waals surface area contributed by atoms with E-state index < -0.39 is 0 Å². The van der Waals surface area contributed by atoms with Crippen molar-refractivity contribution in [1.29, 1.82) is 0 Å². The van der Waals surface area contributed by atoms with Gasteiger partial charge in [0.15, 0.2) is 5.76 Å². The molecule has 4 aromatic rings. The first-order valence-electron chi connectivity index (χ1n) is 9.47. The first kappa shape index (κ1) is 17.3. The van der Waals surface area contributed by atoms with Gasteiger partial charge in [0.2, 0.25) is 5.78 Å². The number of Topliss-reactive ketones (excluding diaryl/α,β-unsaturated/α-hetero) is 1.